The summed E-state index contributed by atoms with van der Waals surface area (Å²) in [6, 6.07) is 17.2. The van der Waals surface area contributed by atoms with Crippen molar-refractivity contribution in [2.45, 2.75) is 45.9 Å². The molecular formula is C30H31FN4O3. The molecule has 1 fully saturated rings. The number of nitrogens with one attached hydrogen (secondary N) is 2. The number of rotatable bonds is 5. The van der Waals surface area contributed by atoms with Gasteiger partial charge in [-0.2, -0.15) is 0 Å². The third kappa shape index (κ3) is 5.17. The van der Waals surface area contributed by atoms with Crippen LogP contribution in [0.1, 0.15) is 48.6 Å². The number of halogens is 1. The maximum absolute atomic E-state index is 14.9. The Morgan fingerprint density at radius 3 is 2.45 bits per heavy atom. The van der Waals surface area contributed by atoms with Crippen LogP contribution < -0.4 is 10.9 Å². The number of carbonyl (C=O) groups is 1. The standard InChI is InChI=1S/C30H31FN4O3/c1-17-15-35(16-18(2)38-17)30(37)21-9-11-22(12-10-21)32-19(3)24-13-26-28(33-20(4)34-29(26)36)14-25(24)23-7-5-6-8-27(23)31/h5-14,17-19,32H,15-16H2,1-4H3,(H,33,34,36)/t17-,18+,19-/m0/s1. The second-order valence-corrected chi connectivity index (χ2v) is 10.00. The van der Waals surface area contributed by atoms with Crippen LogP contribution in [0.25, 0.3) is 22.0 Å². The minimum Gasteiger partial charge on any atom is -0.378 e. The third-order valence-electron chi connectivity index (χ3n) is 6.85. The first-order valence-electron chi connectivity index (χ1n) is 12.8. The van der Waals surface area contributed by atoms with Gasteiger partial charge in [0.05, 0.1) is 23.1 Å². The highest BCUT2D eigenvalue weighted by Crippen LogP contribution is 2.34. The maximum Gasteiger partial charge on any atom is 0.258 e. The number of anilines is 1. The molecule has 1 saturated heterocycles. The number of hydrogen-bond donors (Lipinski definition) is 2. The molecule has 7 nitrogen and oxygen atoms in total. The second kappa shape index (κ2) is 10.4. The highest BCUT2D eigenvalue weighted by molar-refractivity contribution is 5.94. The van der Waals surface area contributed by atoms with Gasteiger partial charge in [0.15, 0.2) is 0 Å². The van der Waals surface area contributed by atoms with Gasteiger partial charge in [-0.25, -0.2) is 9.37 Å². The Bertz CT molecular complexity index is 1540. The molecule has 0 saturated carbocycles. The fraction of sp³-hybridized carbons (Fsp3) is 0.300. The molecule has 0 unspecified atom stereocenters. The number of aryl methyl sites for hydroxylation is 1. The molecule has 38 heavy (non-hydrogen) atoms. The molecule has 0 radical (unpaired) electrons. The first-order chi connectivity index (χ1) is 18.2. The SMILES string of the molecule is Cc1nc2cc(-c3ccccc3F)c([C@H](C)Nc3ccc(C(=O)N4C[C@@H](C)O[C@@H](C)C4)cc3)cc2c(=O)[nH]1. The monoisotopic (exact) mass is 514 g/mol. The lowest BCUT2D eigenvalue weighted by Crippen LogP contribution is -2.48. The zero-order valence-corrected chi connectivity index (χ0v) is 21.9. The predicted octanol–water partition coefficient (Wildman–Crippen LogP) is 5.46. The van der Waals surface area contributed by atoms with Crippen molar-refractivity contribution in [3.63, 3.8) is 0 Å². The van der Waals surface area contributed by atoms with Crippen molar-refractivity contribution in [3.05, 3.63) is 93.8 Å². The molecule has 5 rings (SSSR count). The maximum atomic E-state index is 14.9. The van der Waals surface area contributed by atoms with Crippen LogP contribution in [0.4, 0.5) is 10.1 Å². The highest BCUT2D eigenvalue weighted by atomic mass is 19.1. The molecule has 1 aliphatic rings. The average Bonchev–Trinajstić information content (AvgIpc) is 2.87. The summed E-state index contributed by atoms with van der Waals surface area (Å²) < 4.78 is 20.6. The number of aromatic amines is 1. The molecule has 2 heterocycles. The summed E-state index contributed by atoms with van der Waals surface area (Å²) in [5, 5.41) is 3.88. The van der Waals surface area contributed by atoms with Gasteiger partial charge in [0.25, 0.3) is 11.5 Å². The van der Waals surface area contributed by atoms with E-state index >= 15 is 0 Å². The normalized spacial score (nSPS) is 18.4. The molecule has 0 spiro atoms. The summed E-state index contributed by atoms with van der Waals surface area (Å²) in [6.07, 6.45) is 0.00267. The third-order valence-corrected chi connectivity index (χ3v) is 6.85. The molecule has 1 aromatic heterocycles. The topological polar surface area (TPSA) is 87.3 Å². The summed E-state index contributed by atoms with van der Waals surface area (Å²) in [6.45, 7) is 8.74. The zero-order valence-electron chi connectivity index (χ0n) is 21.9. The number of carbonyl (C=O) groups excluding carboxylic acids is 1. The molecule has 0 aliphatic carbocycles. The number of aromatic nitrogens is 2. The Morgan fingerprint density at radius 1 is 1.08 bits per heavy atom. The molecule has 1 amide bonds. The van der Waals surface area contributed by atoms with Gasteiger partial charge in [0.2, 0.25) is 0 Å². The lowest BCUT2D eigenvalue weighted by Gasteiger charge is -2.35. The fourth-order valence-electron chi connectivity index (χ4n) is 5.15. The molecule has 2 N–H and O–H groups in total. The van der Waals surface area contributed by atoms with Crippen LogP contribution >= 0.6 is 0 Å². The van der Waals surface area contributed by atoms with Crippen molar-refractivity contribution in [2.75, 3.05) is 18.4 Å². The van der Waals surface area contributed by atoms with Crippen LogP contribution in [-0.4, -0.2) is 46.1 Å². The second-order valence-electron chi connectivity index (χ2n) is 10.00. The minimum atomic E-state index is -0.350. The van der Waals surface area contributed by atoms with E-state index in [2.05, 4.69) is 15.3 Å². The van der Waals surface area contributed by atoms with Gasteiger partial charge in [-0.1, -0.05) is 18.2 Å². The number of benzene rings is 3. The highest BCUT2D eigenvalue weighted by Gasteiger charge is 2.26. The lowest BCUT2D eigenvalue weighted by atomic mass is 9.93. The number of morpholine rings is 1. The molecule has 3 aromatic carbocycles. The first kappa shape index (κ1) is 25.6. The van der Waals surface area contributed by atoms with Crippen LogP contribution in [0.5, 0.6) is 0 Å². The molecule has 3 atom stereocenters. The Hall–Kier alpha value is -4.04. The number of ether oxygens (including phenoxy) is 1. The quantitative estimate of drug-likeness (QED) is 0.369. The number of amides is 1. The summed E-state index contributed by atoms with van der Waals surface area (Å²) in [5.41, 5.74) is 3.53. The average molecular weight is 515 g/mol. The van der Waals surface area contributed by atoms with E-state index in [1.165, 1.54) is 6.07 Å². The van der Waals surface area contributed by atoms with Gasteiger partial charge in [-0.3, -0.25) is 9.59 Å². The van der Waals surface area contributed by atoms with E-state index in [0.717, 1.165) is 11.3 Å². The van der Waals surface area contributed by atoms with E-state index in [9.17, 15) is 14.0 Å². The van der Waals surface area contributed by atoms with E-state index < -0.39 is 0 Å². The lowest BCUT2D eigenvalue weighted by molar-refractivity contribution is -0.0586. The van der Waals surface area contributed by atoms with Crippen molar-refractivity contribution in [3.8, 4) is 11.1 Å². The molecule has 196 valence electrons. The smallest absolute Gasteiger partial charge is 0.258 e. The van der Waals surface area contributed by atoms with Gasteiger partial charge in [-0.15, -0.1) is 0 Å². The minimum absolute atomic E-state index is 0.00133. The van der Waals surface area contributed by atoms with E-state index in [0.29, 0.717) is 46.5 Å². The first-order valence-corrected chi connectivity index (χ1v) is 12.8. The van der Waals surface area contributed by atoms with Crippen LogP contribution in [0.2, 0.25) is 0 Å². The summed E-state index contributed by atoms with van der Waals surface area (Å²) in [4.78, 5) is 34.8. The Morgan fingerprint density at radius 2 is 1.76 bits per heavy atom. The predicted molar refractivity (Wildman–Crippen MR) is 147 cm³/mol. The summed E-state index contributed by atoms with van der Waals surface area (Å²) in [5.74, 6) is 0.123. The van der Waals surface area contributed by atoms with E-state index in [1.807, 2.05) is 37.8 Å². The summed E-state index contributed by atoms with van der Waals surface area (Å²) >= 11 is 0. The van der Waals surface area contributed by atoms with Gasteiger partial charge in [0.1, 0.15) is 11.6 Å². The molecule has 4 aromatic rings. The van der Waals surface area contributed by atoms with Gasteiger partial charge in [-0.05, 0) is 81.3 Å². The number of fused-ring (bicyclic) bond motifs is 1. The Kier molecular flexibility index (Phi) is 6.99. The summed E-state index contributed by atoms with van der Waals surface area (Å²) in [7, 11) is 0. The van der Waals surface area contributed by atoms with Crippen molar-refractivity contribution in [2.24, 2.45) is 0 Å². The Labute approximate surface area is 220 Å². The van der Waals surface area contributed by atoms with Crippen molar-refractivity contribution >= 4 is 22.5 Å². The molecule has 1 aliphatic heterocycles. The fourth-order valence-corrected chi connectivity index (χ4v) is 5.15. The number of hydrogen-bond acceptors (Lipinski definition) is 5. The molecule has 0 bridgehead atoms. The zero-order chi connectivity index (χ0) is 27.0. The van der Waals surface area contributed by atoms with Gasteiger partial charge in [0, 0.05) is 35.9 Å². The van der Waals surface area contributed by atoms with Crippen LogP contribution in [0.15, 0.2) is 65.5 Å². The van der Waals surface area contributed by atoms with E-state index in [4.69, 9.17) is 4.74 Å². The number of nitrogens with zero attached hydrogens (tertiary/aromatic N) is 2. The molecular weight excluding hydrogens is 483 g/mol. The Balaban J connectivity index is 1.45. The van der Waals surface area contributed by atoms with Gasteiger partial charge >= 0.3 is 0 Å². The molecule has 8 heteroatoms. The largest absolute Gasteiger partial charge is 0.378 e. The van der Waals surface area contributed by atoms with E-state index in [-0.39, 0.29) is 35.5 Å². The number of H-pyrrole nitrogens is 1. The van der Waals surface area contributed by atoms with Crippen molar-refractivity contribution in [1.82, 2.24) is 14.9 Å². The van der Waals surface area contributed by atoms with Crippen LogP contribution in [-0.2, 0) is 4.74 Å². The van der Waals surface area contributed by atoms with Crippen LogP contribution in [0.3, 0.4) is 0 Å². The van der Waals surface area contributed by atoms with Gasteiger partial charge < -0.3 is 19.9 Å². The van der Waals surface area contributed by atoms with Crippen molar-refractivity contribution in [1.29, 1.82) is 0 Å². The van der Waals surface area contributed by atoms with Crippen molar-refractivity contribution < 1.29 is 13.9 Å². The van der Waals surface area contributed by atoms with E-state index in [1.54, 1.807) is 49.4 Å². The van der Waals surface area contributed by atoms with Crippen LogP contribution in [0, 0.1) is 12.7 Å².